The number of rotatable bonds is 3. The summed E-state index contributed by atoms with van der Waals surface area (Å²) in [6, 6.07) is 3.96. The molecule has 132 valence electrons. The van der Waals surface area contributed by atoms with E-state index in [0.29, 0.717) is 37.2 Å². The normalized spacial score (nSPS) is 16.1. The number of hydrogen-bond donors (Lipinski definition) is 1. The number of benzene rings is 1. The molecule has 2 amide bonds. The summed E-state index contributed by atoms with van der Waals surface area (Å²) in [4.78, 5) is 26.1. The molecule has 0 spiro atoms. The van der Waals surface area contributed by atoms with E-state index < -0.39 is 0 Å². The van der Waals surface area contributed by atoms with Crippen LogP contribution in [0, 0.1) is 12.8 Å². The quantitative estimate of drug-likeness (QED) is 0.925. The Morgan fingerprint density at radius 1 is 1.21 bits per heavy atom. The van der Waals surface area contributed by atoms with Crippen LogP contribution in [-0.2, 0) is 10.2 Å². The van der Waals surface area contributed by atoms with E-state index in [9.17, 15) is 9.59 Å². The number of primary amides is 1. The van der Waals surface area contributed by atoms with Crippen molar-refractivity contribution in [2.45, 2.75) is 46.0 Å². The van der Waals surface area contributed by atoms with Gasteiger partial charge in [0.15, 0.2) is 0 Å². The maximum Gasteiger partial charge on any atom is 0.257 e. The average Bonchev–Trinajstić information content (AvgIpc) is 2.52. The van der Waals surface area contributed by atoms with Crippen LogP contribution in [0.2, 0.25) is 0 Å². The van der Waals surface area contributed by atoms with Gasteiger partial charge in [-0.2, -0.15) is 0 Å². The minimum Gasteiger partial charge on any atom is -0.496 e. The molecule has 0 aromatic heterocycles. The molecular weight excluding hydrogens is 304 g/mol. The summed E-state index contributed by atoms with van der Waals surface area (Å²) < 4.78 is 5.61. The molecule has 1 aromatic carbocycles. The summed E-state index contributed by atoms with van der Waals surface area (Å²) in [5.74, 6) is 0.211. The number of amides is 2. The van der Waals surface area contributed by atoms with Gasteiger partial charge in [-0.05, 0) is 36.8 Å². The van der Waals surface area contributed by atoms with E-state index in [0.717, 1.165) is 11.1 Å². The zero-order valence-corrected chi connectivity index (χ0v) is 15.3. The maximum absolute atomic E-state index is 13.0. The number of hydrogen-bond acceptors (Lipinski definition) is 3. The van der Waals surface area contributed by atoms with Crippen LogP contribution < -0.4 is 10.5 Å². The number of piperidine rings is 1. The highest BCUT2D eigenvalue weighted by Gasteiger charge is 2.30. The number of methoxy groups -OCH3 is 1. The second kappa shape index (κ2) is 6.83. The molecule has 2 N–H and O–H groups in total. The number of likely N-dealkylation sites (tertiary alicyclic amines) is 1. The number of nitrogens with zero attached hydrogens (tertiary/aromatic N) is 1. The van der Waals surface area contributed by atoms with Crippen molar-refractivity contribution < 1.29 is 14.3 Å². The van der Waals surface area contributed by atoms with Crippen LogP contribution in [0.4, 0.5) is 0 Å². The molecule has 24 heavy (non-hydrogen) atoms. The van der Waals surface area contributed by atoms with Crippen LogP contribution in [0.25, 0.3) is 0 Å². The van der Waals surface area contributed by atoms with Crippen molar-refractivity contribution in [1.82, 2.24) is 4.90 Å². The third kappa shape index (κ3) is 3.71. The molecule has 0 radical (unpaired) electrons. The average molecular weight is 332 g/mol. The van der Waals surface area contributed by atoms with Gasteiger partial charge >= 0.3 is 0 Å². The lowest BCUT2D eigenvalue weighted by Crippen LogP contribution is -2.42. The number of ether oxygens (including phenoxy) is 1. The Bertz CT molecular complexity index is 639. The van der Waals surface area contributed by atoms with Gasteiger partial charge in [0.25, 0.3) is 5.91 Å². The highest BCUT2D eigenvalue weighted by Crippen LogP contribution is 2.36. The van der Waals surface area contributed by atoms with Crippen molar-refractivity contribution >= 4 is 11.8 Å². The Hall–Kier alpha value is -2.04. The molecule has 5 nitrogen and oxygen atoms in total. The SMILES string of the molecule is COc1c(C(=O)N2CCC(C(N)=O)CC2)cc(C)cc1C(C)(C)C. The molecule has 1 heterocycles. The van der Waals surface area contributed by atoms with Gasteiger partial charge < -0.3 is 15.4 Å². The lowest BCUT2D eigenvalue weighted by atomic mass is 9.83. The number of nitrogens with two attached hydrogens (primary N) is 1. The first-order valence-corrected chi connectivity index (χ1v) is 8.43. The van der Waals surface area contributed by atoms with Crippen LogP contribution in [0.3, 0.4) is 0 Å². The molecular formula is C19H28N2O3. The molecule has 0 aliphatic carbocycles. The van der Waals surface area contributed by atoms with Gasteiger partial charge in [0, 0.05) is 24.6 Å². The van der Waals surface area contributed by atoms with E-state index >= 15 is 0 Å². The monoisotopic (exact) mass is 332 g/mol. The molecule has 1 saturated heterocycles. The summed E-state index contributed by atoms with van der Waals surface area (Å²) >= 11 is 0. The summed E-state index contributed by atoms with van der Waals surface area (Å²) in [6.45, 7) is 9.41. The number of carbonyl (C=O) groups excluding carboxylic acids is 2. The lowest BCUT2D eigenvalue weighted by molar-refractivity contribution is -0.123. The van der Waals surface area contributed by atoms with Gasteiger partial charge in [-0.3, -0.25) is 9.59 Å². The van der Waals surface area contributed by atoms with Gasteiger partial charge in [0.05, 0.1) is 12.7 Å². The molecule has 5 heteroatoms. The highest BCUT2D eigenvalue weighted by molar-refractivity contribution is 5.98. The van der Waals surface area contributed by atoms with Crippen LogP contribution in [0.15, 0.2) is 12.1 Å². The Balaban J connectivity index is 2.33. The summed E-state index contributed by atoms with van der Waals surface area (Å²) in [5, 5.41) is 0. The minimum absolute atomic E-state index is 0.0380. The van der Waals surface area contributed by atoms with E-state index in [-0.39, 0.29) is 23.1 Å². The molecule has 0 bridgehead atoms. The zero-order valence-electron chi connectivity index (χ0n) is 15.3. The van der Waals surface area contributed by atoms with Crippen molar-refractivity contribution in [3.8, 4) is 5.75 Å². The van der Waals surface area contributed by atoms with Crippen LogP contribution in [0.5, 0.6) is 5.75 Å². The van der Waals surface area contributed by atoms with Crippen molar-refractivity contribution in [3.05, 3.63) is 28.8 Å². The molecule has 0 atom stereocenters. The van der Waals surface area contributed by atoms with E-state index in [4.69, 9.17) is 10.5 Å². The van der Waals surface area contributed by atoms with Crippen molar-refractivity contribution in [2.24, 2.45) is 11.7 Å². The van der Waals surface area contributed by atoms with E-state index in [2.05, 4.69) is 26.8 Å². The second-order valence-electron chi connectivity index (χ2n) is 7.61. The molecule has 1 aliphatic heterocycles. The van der Waals surface area contributed by atoms with Crippen molar-refractivity contribution in [1.29, 1.82) is 0 Å². The first-order chi connectivity index (χ1) is 11.1. The summed E-state index contributed by atoms with van der Waals surface area (Å²) in [6.07, 6.45) is 1.25. The van der Waals surface area contributed by atoms with Crippen molar-refractivity contribution in [2.75, 3.05) is 20.2 Å². The molecule has 0 saturated carbocycles. The standard InChI is InChI=1S/C19H28N2O3/c1-12-10-14(16(24-5)15(11-12)19(2,3)4)18(23)21-8-6-13(7-9-21)17(20)22/h10-11,13H,6-9H2,1-5H3,(H2,20,22). The van der Waals surface area contributed by atoms with E-state index in [1.54, 1.807) is 12.0 Å². The zero-order chi connectivity index (χ0) is 18.1. The first kappa shape index (κ1) is 18.3. The summed E-state index contributed by atoms with van der Waals surface area (Å²) in [7, 11) is 1.61. The maximum atomic E-state index is 13.0. The van der Waals surface area contributed by atoms with Gasteiger partial charge in [-0.1, -0.05) is 26.8 Å². The Morgan fingerprint density at radius 3 is 2.25 bits per heavy atom. The highest BCUT2D eigenvalue weighted by atomic mass is 16.5. The van der Waals surface area contributed by atoms with Crippen LogP contribution >= 0.6 is 0 Å². The topological polar surface area (TPSA) is 72.6 Å². The van der Waals surface area contributed by atoms with Crippen molar-refractivity contribution in [3.63, 3.8) is 0 Å². The predicted octanol–water partition coefficient (Wildman–Crippen LogP) is 2.64. The molecule has 1 aromatic rings. The second-order valence-corrected chi connectivity index (χ2v) is 7.61. The molecule has 1 aliphatic rings. The van der Waals surface area contributed by atoms with Gasteiger partial charge in [0.2, 0.25) is 5.91 Å². The third-order valence-corrected chi connectivity index (χ3v) is 4.66. The minimum atomic E-state index is -0.273. The number of aryl methyl sites for hydroxylation is 1. The van der Waals surface area contributed by atoms with Crippen LogP contribution in [0.1, 0.15) is 55.1 Å². The lowest BCUT2D eigenvalue weighted by Gasteiger charge is -2.32. The fourth-order valence-electron chi connectivity index (χ4n) is 3.25. The summed E-state index contributed by atoms with van der Waals surface area (Å²) in [5.41, 5.74) is 7.91. The predicted molar refractivity (Wildman–Crippen MR) is 94.3 cm³/mol. The van der Waals surface area contributed by atoms with E-state index in [1.165, 1.54) is 0 Å². The Labute approximate surface area is 144 Å². The Kier molecular flexibility index (Phi) is 5.21. The molecule has 0 unspecified atom stereocenters. The molecule has 1 fully saturated rings. The largest absolute Gasteiger partial charge is 0.496 e. The first-order valence-electron chi connectivity index (χ1n) is 8.43. The van der Waals surface area contributed by atoms with Gasteiger partial charge in [-0.15, -0.1) is 0 Å². The van der Waals surface area contributed by atoms with Gasteiger partial charge in [0.1, 0.15) is 5.75 Å². The van der Waals surface area contributed by atoms with Gasteiger partial charge in [-0.25, -0.2) is 0 Å². The van der Waals surface area contributed by atoms with E-state index in [1.807, 2.05) is 13.0 Å². The Morgan fingerprint density at radius 2 is 1.79 bits per heavy atom. The third-order valence-electron chi connectivity index (χ3n) is 4.66. The smallest absolute Gasteiger partial charge is 0.257 e. The number of carbonyl (C=O) groups is 2. The molecule has 2 rings (SSSR count). The van der Waals surface area contributed by atoms with Crippen LogP contribution in [-0.4, -0.2) is 36.9 Å². The fourth-order valence-corrected chi connectivity index (χ4v) is 3.25. The fraction of sp³-hybridized carbons (Fsp3) is 0.579.